The van der Waals surface area contributed by atoms with Crippen molar-refractivity contribution in [1.29, 1.82) is 0 Å². The summed E-state index contributed by atoms with van der Waals surface area (Å²) in [6.07, 6.45) is 0. The SMILES string of the molecule is C=C(c1ccc(F)cc1)N1CCN=C(OCC)C1C. The Hall–Kier alpha value is -1.84. The molecule has 3 nitrogen and oxygen atoms in total. The Balaban J connectivity index is 2.15. The van der Waals surface area contributed by atoms with Crippen molar-refractivity contribution in [3.8, 4) is 0 Å². The van der Waals surface area contributed by atoms with Gasteiger partial charge in [0.05, 0.1) is 13.2 Å². The molecule has 1 aromatic rings. The highest BCUT2D eigenvalue weighted by molar-refractivity contribution is 5.84. The smallest absolute Gasteiger partial charge is 0.206 e. The van der Waals surface area contributed by atoms with E-state index in [1.54, 1.807) is 12.1 Å². The predicted molar refractivity (Wildman–Crippen MR) is 75.5 cm³/mol. The van der Waals surface area contributed by atoms with Crippen molar-refractivity contribution in [2.24, 2.45) is 4.99 Å². The molecule has 2 rings (SSSR count). The molecule has 102 valence electrons. The van der Waals surface area contributed by atoms with Crippen molar-refractivity contribution < 1.29 is 9.13 Å². The predicted octanol–water partition coefficient (Wildman–Crippen LogP) is 2.94. The summed E-state index contributed by atoms with van der Waals surface area (Å²) in [6, 6.07) is 6.46. The van der Waals surface area contributed by atoms with E-state index in [-0.39, 0.29) is 11.9 Å². The molecule has 1 aliphatic heterocycles. The van der Waals surface area contributed by atoms with Crippen LogP contribution in [0.2, 0.25) is 0 Å². The van der Waals surface area contributed by atoms with Crippen molar-refractivity contribution in [3.05, 3.63) is 42.2 Å². The van der Waals surface area contributed by atoms with Crippen molar-refractivity contribution >= 4 is 11.6 Å². The van der Waals surface area contributed by atoms with Crippen LogP contribution in [0.4, 0.5) is 4.39 Å². The fraction of sp³-hybridized carbons (Fsp3) is 0.400. The lowest BCUT2D eigenvalue weighted by Crippen LogP contribution is -2.43. The Bertz CT molecular complexity index is 481. The van der Waals surface area contributed by atoms with Crippen molar-refractivity contribution in [3.63, 3.8) is 0 Å². The van der Waals surface area contributed by atoms with Crippen molar-refractivity contribution in [2.45, 2.75) is 19.9 Å². The normalized spacial score (nSPS) is 19.0. The highest BCUT2D eigenvalue weighted by atomic mass is 19.1. The fourth-order valence-corrected chi connectivity index (χ4v) is 2.22. The lowest BCUT2D eigenvalue weighted by molar-refractivity contribution is 0.256. The number of benzene rings is 1. The summed E-state index contributed by atoms with van der Waals surface area (Å²) in [5.41, 5.74) is 1.80. The molecule has 0 saturated carbocycles. The summed E-state index contributed by atoms with van der Waals surface area (Å²) >= 11 is 0. The topological polar surface area (TPSA) is 24.8 Å². The molecular weight excluding hydrogens is 243 g/mol. The number of nitrogens with zero attached hydrogens (tertiary/aromatic N) is 2. The molecule has 0 amide bonds. The molecule has 0 spiro atoms. The van der Waals surface area contributed by atoms with Gasteiger partial charge in [-0.2, -0.15) is 0 Å². The van der Waals surface area contributed by atoms with Crippen LogP contribution in [-0.4, -0.2) is 36.5 Å². The zero-order valence-corrected chi connectivity index (χ0v) is 11.4. The van der Waals surface area contributed by atoms with Gasteiger partial charge in [-0.25, -0.2) is 4.39 Å². The first kappa shape index (κ1) is 13.6. The zero-order chi connectivity index (χ0) is 13.8. The summed E-state index contributed by atoms with van der Waals surface area (Å²) in [4.78, 5) is 6.54. The largest absolute Gasteiger partial charge is 0.480 e. The van der Waals surface area contributed by atoms with Gasteiger partial charge in [-0.1, -0.05) is 18.7 Å². The van der Waals surface area contributed by atoms with E-state index in [9.17, 15) is 4.39 Å². The van der Waals surface area contributed by atoms with Crippen LogP contribution in [-0.2, 0) is 4.74 Å². The first-order valence-corrected chi connectivity index (χ1v) is 6.52. The van der Waals surface area contributed by atoms with Crippen molar-refractivity contribution in [1.82, 2.24) is 4.90 Å². The van der Waals surface area contributed by atoms with Crippen LogP contribution in [0.5, 0.6) is 0 Å². The van der Waals surface area contributed by atoms with Gasteiger partial charge >= 0.3 is 0 Å². The Morgan fingerprint density at radius 3 is 2.79 bits per heavy atom. The number of halogens is 1. The third-order valence-electron chi connectivity index (χ3n) is 3.25. The fourth-order valence-electron chi connectivity index (χ4n) is 2.22. The van der Waals surface area contributed by atoms with E-state index in [1.807, 2.05) is 13.8 Å². The van der Waals surface area contributed by atoms with Crippen molar-refractivity contribution in [2.75, 3.05) is 19.7 Å². The van der Waals surface area contributed by atoms with Crippen LogP contribution >= 0.6 is 0 Å². The third kappa shape index (κ3) is 2.95. The van der Waals surface area contributed by atoms with Crippen LogP contribution in [0, 0.1) is 5.82 Å². The molecule has 1 aromatic carbocycles. The molecule has 1 atom stereocenters. The highest BCUT2D eigenvalue weighted by Gasteiger charge is 2.25. The van der Waals surface area contributed by atoms with E-state index in [0.29, 0.717) is 13.2 Å². The second-order valence-corrected chi connectivity index (χ2v) is 4.48. The van der Waals surface area contributed by atoms with Gasteiger partial charge in [0, 0.05) is 12.2 Å². The quantitative estimate of drug-likeness (QED) is 0.836. The number of hydrogen-bond donors (Lipinski definition) is 0. The van der Waals surface area contributed by atoms with Crippen LogP contribution in [0.15, 0.2) is 35.8 Å². The van der Waals surface area contributed by atoms with Crippen LogP contribution in [0.25, 0.3) is 5.70 Å². The Labute approximate surface area is 113 Å². The molecule has 0 aliphatic carbocycles. The van der Waals surface area contributed by atoms with Gasteiger partial charge in [0.2, 0.25) is 5.90 Å². The molecule has 0 saturated heterocycles. The van der Waals surface area contributed by atoms with Crippen LogP contribution < -0.4 is 0 Å². The Kier molecular flexibility index (Phi) is 4.20. The molecule has 1 unspecified atom stereocenters. The second-order valence-electron chi connectivity index (χ2n) is 4.48. The molecule has 0 bridgehead atoms. The molecule has 4 heteroatoms. The zero-order valence-electron chi connectivity index (χ0n) is 11.4. The van der Waals surface area contributed by atoms with E-state index in [1.165, 1.54) is 12.1 Å². The molecule has 1 heterocycles. The lowest BCUT2D eigenvalue weighted by Gasteiger charge is -2.35. The molecule has 0 aromatic heterocycles. The Morgan fingerprint density at radius 2 is 2.16 bits per heavy atom. The first-order chi connectivity index (χ1) is 9.13. The minimum atomic E-state index is -0.236. The average molecular weight is 262 g/mol. The highest BCUT2D eigenvalue weighted by Crippen LogP contribution is 2.22. The first-order valence-electron chi connectivity index (χ1n) is 6.52. The van der Waals surface area contributed by atoms with Gasteiger partial charge in [0.15, 0.2) is 0 Å². The summed E-state index contributed by atoms with van der Waals surface area (Å²) in [7, 11) is 0. The average Bonchev–Trinajstić information content (AvgIpc) is 2.41. The summed E-state index contributed by atoms with van der Waals surface area (Å²) < 4.78 is 18.5. The minimum Gasteiger partial charge on any atom is -0.480 e. The number of hydrogen-bond acceptors (Lipinski definition) is 3. The molecule has 1 aliphatic rings. The van der Waals surface area contributed by atoms with E-state index in [4.69, 9.17) is 4.74 Å². The van der Waals surface area contributed by atoms with E-state index < -0.39 is 0 Å². The van der Waals surface area contributed by atoms with Gasteiger partial charge in [0.1, 0.15) is 11.9 Å². The number of ether oxygens (including phenoxy) is 1. The Morgan fingerprint density at radius 1 is 1.47 bits per heavy atom. The molecule has 0 radical (unpaired) electrons. The monoisotopic (exact) mass is 262 g/mol. The number of aliphatic imine (C=N–C) groups is 1. The third-order valence-corrected chi connectivity index (χ3v) is 3.25. The van der Waals surface area contributed by atoms with Gasteiger partial charge in [-0.05, 0) is 31.5 Å². The van der Waals surface area contributed by atoms with Gasteiger partial charge in [-0.15, -0.1) is 0 Å². The lowest BCUT2D eigenvalue weighted by atomic mass is 10.1. The molecule has 0 N–H and O–H groups in total. The van der Waals surface area contributed by atoms with Gasteiger partial charge in [0.25, 0.3) is 0 Å². The van der Waals surface area contributed by atoms with E-state index >= 15 is 0 Å². The maximum absolute atomic E-state index is 12.9. The summed E-state index contributed by atoms with van der Waals surface area (Å²) in [5.74, 6) is 0.511. The van der Waals surface area contributed by atoms with Gasteiger partial charge < -0.3 is 9.64 Å². The summed E-state index contributed by atoms with van der Waals surface area (Å²) in [6.45, 7) is 10.2. The van der Waals surface area contributed by atoms with E-state index in [2.05, 4.69) is 16.5 Å². The second kappa shape index (κ2) is 5.87. The maximum Gasteiger partial charge on any atom is 0.206 e. The molecule has 19 heavy (non-hydrogen) atoms. The van der Waals surface area contributed by atoms with Crippen LogP contribution in [0.3, 0.4) is 0 Å². The van der Waals surface area contributed by atoms with Crippen LogP contribution in [0.1, 0.15) is 19.4 Å². The van der Waals surface area contributed by atoms with E-state index in [0.717, 1.165) is 23.7 Å². The minimum absolute atomic E-state index is 0.0613. The maximum atomic E-state index is 12.9. The summed E-state index contributed by atoms with van der Waals surface area (Å²) in [5, 5.41) is 0. The standard InChI is InChI=1S/C15H19FN2O/c1-4-19-15-12(3)18(10-9-17-15)11(2)13-5-7-14(16)8-6-13/h5-8,12H,2,4,9-10H2,1,3H3. The molecule has 0 fully saturated rings. The molecular formula is C15H19FN2O. The number of rotatable bonds is 3. The van der Waals surface area contributed by atoms with Gasteiger partial charge in [-0.3, -0.25) is 4.99 Å².